The quantitative estimate of drug-likeness (QED) is 0.797. The van der Waals surface area contributed by atoms with E-state index in [1.807, 2.05) is 11.4 Å². The van der Waals surface area contributed by atoms with Crippen molar-refractivity contribution in [2.45, 2.75) is 31.8 Å². The van der Waals surface area contributed by atoms with Crippen LogP contribution in [0.4, 0.5) is 0 Å². The molecule has 1 aromatic rings. The lowest BCUT2D eigenvalue weighted by molar-refractivity contribution is 0.339. The van der Waals surface area contributed by atoms with E-state index in [2.05, 4.69) is 11.4 Å². The molecule has 13 heavy (non-hydrogen) atoms. The fourth-order valence-corrected chi connectivity index (χ4v) is 2.15. The molecule has 0 aliphatic heterocycles. The third-order valence-corrected chi connectivity index (χ3v) is 3.39. The lowest BCUT2D eigenvalue weighted by Crippen LogP contribution is -2.34. The molecule has 0 amide bonds. The van der Waals surface area contributed by atoms with Crippen molar-refractivity contribution in [3.05, 3.63) is 21.9 Å². The Bertz CT molecular complexity index is 320. The molecule has 1 aliphatic rings. The van der Waals surface area contributed by atoms with Crippen molar-refractivity contribution in [1.82, 2.24) is 5.32 Å². The van der Waals surface area contributed by atoms with Crippen LogP contribution in [0.5, 0.6) is 0 Å². The van der Waals surface area contributed by atoms with Gasteiger partial charge in [0.1, 0.15) is 6.07 Å². The van der Waals surface area contributed by atoms with Crippen molar-refractivity contribution < 1.29 is 0 Å². The number of nitriles is 1. The fraction of sp³-hybridized carbons (Fsp3) is 0.500. The van der Waals surface area contributed by atoms with Gasteiger partial charge in [-0.2, -0.15) is 5.26 Å². The van der Waals surface area contributed by atoms with Gasteiger partial charge in [0, 0.05) is 22.8 Å². The molecule has 1 fully saturated rings. The average molecular weight is 192 g/mol. The highest BCUT2D eigenvalue weighted by Crippen LogP contribution is 2.20. The summed E-state index contributed by atoms with van der Waals surface area (Å²) in [6.07, 6.45) is 4.00. The van der Waals surface area contributed by atoms with Crippen molar-refractivity contribution in [2.24, 2.45) is 0 Å². The number of hydrogen-bond acceptors (Lipinski definition) is 3. The number of rotatable bonds is 3. The predicted molar refractivity (Wildman–Crippen MR) is 53.5 cm³/mol. The highest BCUT2D eigenvalue weighted by molar-refractivity contribution is 7.10. The zero-order chi connectivity index (χ0) is 9.10. The van der Waals surface area contributed by atoms with Gasteiger partial charge in [0.05, 0.1) is 5.56 Å². The molecule has 3 heteroatoms. The summed E-state index contributed by atoms with van der Waals surface area (Å²) in [6, 6.07) is 4.84. The molecule has 2 rings (SSSR count). The normalized spacial score (nSPS) is 16.5. The van der Waals surface area contributed by atoms with E-state index in [0.29, 0.717) is 0 Å². The monoisotopic (exact) mass is 192 g/mol. The summed E-state index contributed by atoms with van der Waals surface area (Å²) in [5, 5.41) is 14.0. The highest BCUT2D eigenvalue weighted by atomic mass is 32.1. The molecule has 0 atom stereocenters. The molecule has 1 aliphatic carbocycles. The van der Waals surface area contributed by atoms with Crippen LogP contribution in [-0.2, 0) is 6.54 Å². The van der Waals surface area contributed by atoms with Gasteiger partial charge in [-0.1, -0.05) is 6.42 Å². The second-order valence-corrected chi connectivity index (χ2v) is 4.42. The van der Waals surface area contributed by atoms with Crippen LogP contribution in [0, 0.1) is 11.3 Å². The van der Waals surface area contributed by atoms with Crippen LogP contribution in [0.15, 0.2) is 11.4 Å². The molecule has 2 nitrogen and oxygen atoms in total. The van der Waals surface area contributed by atoms with Gasteiger partial charge in [0.15, 0.2) is 0 Å². The van der Waals surface area contributed by atoms with E-state index in [9.17, 15) is 0 Å². The fourth-order valence-electron chi connectivity index (χ4n) is 1.39. The van der Waals surface area contributed by atoms with Gasteiger partial charge in [-0.25, -0.2) is 0 Å². The highest BCUT2D eigenvalue weighted by Gasteiger charge is 2.16. The van der Waals surface area contributed by atoms with Crippen LogP contribution in [0.2, 0.25) is 0 Å². The minimum absolute atomic E-state index is 0.729. The largest absolute Gasteiger partial charge is 0.309 e. The first-order chi connectivity index (χ1) is 6.38. The van der Waals surface area contributed by atoms with E-state index in [1.165, 1.54) is 24.1 Å². The molecule has 0 unspecified atom stereocenters. The molecular formula is C10H12N2S. The number of hydrogen-bond donors (Lipinski definition) is 1. The molecule has 0 spiro atoms. The van der Waals surface area contributed by atoms with Gasteiger partial charge in [0.2, 0.25) is 0 Å². The summed E-state index contributed by atoms with van der Waals surface area (Å²) in [5.41, 5.74) is 0.787. The lowest BCUT2D eigenvalue weighted by Gasteiger charge is -2.26. The van der Waals surface area contributed by atoms with Gasteiger partial charge in [-0.15, -0.1) is 11.3 Å². The van der Waals surface area contributed by atoms with E-state index in [1.54, 1.807) is 11.3 Å². The topological polar surface area (TPSA) is 35.8 Å². The molecule has 0 aromatic carbocycles. The second-order valence-electron chi connectivity index (χ2n) is 3.42. The Balaban J connectivity index is 1.83. The van der Waals surface area contributed by atoms with Gasteiger partial charge < -0.3 is 5.32 Å². The van der Waals surface area contributed by atoms with Crippen LogP contribution >= 0.6 is 11.3 Å². The molecule has 1 N–H and O–H groups in total. The maximum Gasteiger partial charge on any atom is 0.100 e. The van der Waals surface area contributed by atoms with E-state index in [4.69, 9.17) is 5.26 Å². The van der Waals surface area contributed by atoms with Gasteiger partial charge >= 0.3 is 0 Å². The lowest BCUT2D eigenvalue weighted by atomic mass is 9.93. The Morgan fingerprint density at radius 2 is 2.46 bits per heavy atom. The molecule has 1 heterocycles. The van der Waals surface area contributed by atoms with Crippen LogP contribution in [-0.4, -0.2) is 6.04 Å². The van der Waals surface area contributed by atoms with Crippen LogP contribution < -0.4 is 5.32 Å². The van der Waals surface area contributed by atoms with Crippen molar-refractivity contribution in [1.29, 1.82) is 5.26 Å². The van der Waals surface area contributed by atoms with Crippen LogP contribution in [0.3, 0.4) is 0 Å². The summed E-state index contributed by atoms with van der Waals surface area (Å²) < 4.78 is 0. The van der Waals surface area contributed by atoms with Crippen molar-refractivity contribution in [3.8, 4) is 6.07 Å². The molecule has 0 radical (unpaired) electrons. The Morgan fingerprint density at radius 1 is 1.62 bits per heavy atom. The van der Waals surface area contributed by atoms with Crippen molar-refractivity contribution in [2.75, 3.05) is 0 Å². The first-order valence-corrected chi connectivity index (χ1v) is 5.47. The zero-order valence-electron chi connectivity index (χ0n) is 7.42. The van der Waals surface area contributed by atoms with Crippen molar-refractivity contribution in [3.63, 3.8) is 0 Å². The van der Waals surface area contributed by atoms with Crippen molar-refractivity contribution >= 4 is 11.3 Å². The Labute approximate surface area is 82.2 Å². The molecular weight excluding hydrogens is 180 g/mol. The summed E-state index contributed by atoms with van der Waals surface area (Å²) in [6.45, 7) is 0.928. The Kier molecular flexibility index (Phi) is 2.62. The Hall–Kier alpha value is -0.850. The average Bonchev–Trinajstić information content (AvgIpc) is 2.49. The Morgan fingerprint density at radius 3 is 3.00 bits per heavy atom. The molecule has 68 valence electrons. The van der Waals surface area contributed by atoms with E-state index in [0.717, 1.165) is 18.2 Å². The summed E-state index contributed by atoms with van der Waals surface area (Å²) >= 11 is 1.67. The SMILES string of the molecule is N#Cc1csc(CNC2CCC2)c1. The smallest absolute Gasteiger partial charge is 0.100 e. The van der Waals surface area contributed by atoms with Gasteiger partial charge in [-0.05, 0) is 18.9 Å². The number of nitrogens with zero attached hydrogens (tertiary/aromatic N) is 1. The van der Waals surface area contributed by atoms with E-state index in [-0.39, 0.29) is 0 Å². The zero-order valence-corrected chi connectivity index (χ0v) is 8.23. The minimum Gasteiger partial charge on any atom is -0.309 e. The first-order valence-electron chi connectivity index (χ1n) is 4.59. The van der Waals surface area contributed by atoms with Crippen LogP contribution in [0.25, 0.3) is 0 Å². The third kappa shape index (κ3) is 2.09. The number of thiophene rings is 1. The first kappa shape index (κ1) is 8.74. The summed E-state index contributed by atoms with van der Waals surface area (Å²) in [7, 11) is 0. The molecule has 1 aromatic heterocycles. The maximum absolute atomic E-state index is 8.62. The molecule has 0 saturated heterocycles. The van der Waals surface area contributed by atoms with Gasteiger partial charge in [0.25, 0.3) is 0 Å². The third-order valence-electron chi connectivity index (χ3n) is 2.45. The second kappa shape index (κ2) is 3.91. The molecule has 0 bridgehead atoms. The predicted octanol–water partition coefficient (Wildman–Crippen LogP) is 2.26. The standard InChI is InChI=1S/C10H12N2S/c11-5-8-4-10(13-7-8)6-12-9-2-1-3-9/h4,7,9,12H,1-3,6H2. The maximum atomic E-state index is 8.62. The van der Waals surface area contributed by atoms with E-state index < -0.39 is 0 Å². The van der Waals surface area contributed by atoms with Crippen LogP contribution in [0.1, 0.15) is 29.7 Å². The minimum atomic E-state index is 0.729. The van der Waals surface area contributed by atoms with Gasteiger partial charge in [-0.3, -0.25) is 0 Å². The van der Waals surface area contributed by atoms with E-state index >= 15 is 0 Å². The summed E-state index contributed by atoms with van der Waals surface area (Å²) in [4.78, 5) is 1.27. The number of nitrogens with one attached hydrogen (secondary N) is 1. The molecule has 1 saturated carbocycles. The summed E-state index contributed by atoms with van der Waals surface area (Å²) in [5.74, 6) is 0.